The van der Waals surface area contributed by atoms with Crippen molar-refractivity contribution in [3.8, 4) is 17.2 Å². The third-order valence-electron chi connectivity index (χ3n) is 3.59. The molecular formula is C20H25ClN2O4. The van der Waals surface area contributed by atoms with Gasteiger partial charge in [0, 0.05) is 6.54 Å². The Morgan fingerprint density at radius 1 is 1.19 bits per heavy atom. The number of rotatable bonds is 10. The minimum absolute atomic E-state index is 0.270. The summed E-state index contributed by atoms with van der Waals surface area (Å²) < 4.78 is 16.5. The summed E-state index contributed by atoms with van der Waals surface area (Å²) in [5.41, 5.74) is 6.89. The highest BCUT2D eigenvalue weighted by Crippen LogP contribution is 2.37. The van der Waals surface area contributed by atoms with E-state index in [4.69, 9.17) is 31.5 Å². The van der Waals surface area contributed by atoms with Crippen LogP contribution in [0.4, 0.5) is 5.69 Å². The quantitative estimate of drug-likeness (QED) is 0.641. The first kappa shape index (κ1) is 20.7. The zero-order chi connectivity index (χ0) is 19.8. The van der Waals surface area contributed by atoms with Gasteiger partial charge in [-0.05, 0) is 35.7 Å². The van der Waals surface area contributed by atoms with Crippen molar-refractivity contribution in [2.75, 3.05) is 25.6 Å². The number of halogens is 1. The molecule has 3 N–H and O–H groups in total. The fourth-order valence-electron chi connectivity index (χ4n) is 2.35. The van der Waals surface area contributed by atoms with E-state index in [2.05, 4.69) is 19.2 Å². The monoisotopic (exact) mass is 392 g/mol. The minimum Gasteiger partial charge on any atom is -0.493 e. The maximum atomic E-state index is 10.9. The lowest BCUT2D eigenvalue weighted by molar-refractivity contribution is -0.119. The van der Waals surface area contributed by atoms with Gasteiger partial charge >= 0.3 is 0 Å². The summed E-state index contributed by atoms with van der Waals surface area (Å²) in [4.78, 5) is 10.9. The average Bonchev–Trinajstić information content (AvgIpc) is 2.63. The van der Waals surface area contributed by atoms with Crippen LogP contribution in [0, 0.1) is 5.92 Å². The molecule has 7 heteroatoms. The zero-order valence-electron chi connectivity index (χ0n) is 15.8. The van der Waals surface area contributed by atoms with Gasteiger partial charge < -0.3 is 25.3 Å². The number of carbonyl (C=O) groups excluding carboxylic acids is 1. The van der Waals surface area contributed by atoms with Gasteiger partial charge in [-0.25, -0.2) is 0 Å². The Hall–Kier alpha value is -2.60. The fourth-order valence-corrected chi connectivity index (χ4v) is 2.64. The van der Waals surface area contributed by atoms with Crippen LogP contribution >= 0.6 is 11.6 Å². The van der Waals surface area contributed by atoms with Gasteiger partial charge in [0.15, 0.2) is 18.1 Å². The number of ether oxygens (including phenoxy) is 3. The topological polar surface area (TPSA) is 82.8 Å². The van der Waals surface area contributed by atoms with Crippen LogP contribution in [0.1, 0.15) is 19.4 Å². The van der Waals surface area contributed by atoms with Crippen molar-refractivity contribution >= 4 is 23.2 Å². The Morgan fingerprint density at radius 2 is 1.93 bits per heavy atom. The molecule has 0 aliphatic rings. The molecule has 0 fully saturated rings. The summed E-state index contributed by atoms with van der Waals surface area (Å²) in [5, 5.41) is 3.69. The minimum atomic E-state index is -0.586. The van der Waals surface area contributed by atoms with Crippen LogP contribution in [-0.4, -0.2) is 26.2 Å². The second-order valence-corrected chi connectivity index (χ2v) is 6.83. The molecule has 0 spiro atoms. The maximum Gasteiger partial charge on any atom is 0.255 e. The molecule has 0 aromatic heterocycles. The number of para-hydroxylation sites is 2. The van der Waals surface area contributed by atoms with Crippen molar-refractivity contribution in [3.63, 3.8) is 0 Å². The molecule has 2 aromatic rings. The number of primary amides is 1. The van der Waals surface area contributed by atoms with Gasteiger partial charge in [-0.1, -0.05) is 37.6 Å². The Kier molecular flexibility index (Phi) is 7.61. The highest BCUT2D eigenvalue weighted by atomic mass is 35.5. The van der Waals surface area contributed by atoms with Crippen LogP contribution in [0.15, 0.2) is 36.4 Å². The average molecular weight is 393 g/mol. The molecule has 2 rings (SSSR count). The standard InChI is InChI=1S/C20H25ClN2O4/c1-13(2)11-26-17-7-5-4-6-16(17)23-10-14-8-15(21)20(18(9-14)25-3)27-12-19(22)24/h4-9,13,23H,10-12H2,1-3H3,(H2,22,24). The molecule has 1 amide bonds. The van der Waals surface area contributed by atoms with Crippen LogP contribution in [0.3, 0.4) is 0 Å². The molecular weight excluding hydrogens is 368 g/mol. The lowest BCUT2D eigenvalue weighted by atomic mass is 10.2. The summed E-state index contributed by atoms with van der Waals surface area (Å²) >= 11 is 6.28. The third kappa shape index (κ3) is 6.25. The van der Waals surface area contributed by atoms with Crippen LogP contribution < -0.4 is 25.3 Å². The van der Waals surface area contributed by atoms with Gasteiger partial charge in [0.1, 0.15) is 5.75 Å². The molecule has 0 atom stereocenters. The Labute approximate surface area is 164 Å². The molecule has 6 nitrogen and oxygen atoms in total. The molecule has 27 heavy (non-hydrogen) atoms. The highest BCUT2D eigenvalue weighted by molar-refractivity contribution is 6.32. The van der Waals surface area contributed by atoms with Crippen LogP contribution in [0.2, 0.25) is 5.02 Å². The van der Waals surface area contributed by atoms with Crippen molar-refractivity contribution in [3.05, 3.63) is 47.0 Å². The summed E-state index contributed by atoms with van der Waals surface area (Å²) in [6, 6.07) is 11.3. The van der Waals surface area contributed by atoms with Crippen molar-refractivity contribution in [1.29, 1.82) is 0 Å². The number of hydrogen-bond acceptors (Lipinski definition) is 5. The molecule has 2 aromatic carbocycles. The van der Waals surface area contributed by atoms with Crippen LogP contribution in [0.5, 0.6) is 17.2 Å². The lowest BCUT2D eigenvalue weighted by Gasteiger charge is -2.16. The summed E-state index contributed by atoms with van der Waals surface area (Å²) in [5.74, 6) is 1.38. The first-order chi connectivity index (χ1) is 12.9. The van der Waals surface area contributed by atoms with Crippen molar-refractivity contribution in [1.82, 2.24) is 0 Å². The predicted octanol–water partition coefficient (Wildman–Crippen LogP) is 3.86. The smallest absolute Gasteiger partial charge is 0.255 e. The highest BCUT2D eigenvalue weighted by Gasteiger charge is 2.13. The number of anilines is 1. The van der Waals surface area contributed by atoms with E-state index in [0.29, 0.717) is 35.6 Å². The van der Waals surface area contributed by atoms with Gasteiger partial charge in [0.05, 0.1) is 24.4 Å². The number of carbonyl (C=O) groups is 1. The van der Waals surface area contributed by atoms with Crippen molar-refractivity contribution in [2.45, 2.75) is 20.4 Å². The first-order valence-corrected chi connectivity index (χ1v) is 9.01. The lowest BCUT2D eigenvalue weighted by Crippen LogP contribution is -2.20. The predicted molar refractivity (Wildman–Crippen MR) is 107 cm³/mol. The summed E-state index contributed by atoms with van der Waals surface area (Å²) in [6.07, 6.45) is 0. The van der Waals surface area contributed by atoms with E-state index in [1.807, 2.05) is 24.3 Å². The van der Waals surface area contributed by atoms with Gasteiger partial charge in [-0.2, -0.15) is 0 Å². The first-order valence-electron chi connectivity index (χ1n) is 8.64. The van der Waals surface area contributed by atoms with E-state index in [9.17, 15) is 4.79 Å². The third-order valence-corrected chi connectivity index (χ3v) is 3.87. The molecule has 0 radical (unpaired) electrons. The number of nitrogens with one attached hydrogen (secondary N) is 1. The molecule has 0 bridgehead atoms. The SMILES string of the molecule is COc1cc(CNc2ccccc2OCC(C)C)cc(Cl)c1OCC(N)=O. The summed E-state index contributed by atoms with van der Waals surface area (Å²) in [7, 11) is 1.51. The fraction of sp³-hybridized carbons (Fsp3) is 0.350. The zero-order valence-corrected chi connectivity index (χ0v) is 16.5. The molecule has 0 unspecified atom stereocenters. The largest absolute Gasteiger partial charge is 0.493 e. The van der Waals surface area contributed by atoms with E-state index < -0.39 is 5.91 Å². The molecule has 146 valence electrons. The van der Waals surface area contributed by atoms with Crippen LogP contribution in [-0.2, 0) is 11.3 Å². The number of amides is 1. The Bertz CT molecular complexity index is 781. The van der Waals surface area contributed by atoms with E-state index in [1.54, 1.807) is 12.1 Å². The number of nitrogens with two attached hydrogens (primary N) is 1. The number of benzene rings is 2. The Balaban J connectivity index is 2.12. The van der Waals surface area contributed by atoms with E-state index in [1.165, 1.54) is 7.11 Å². The molecule has 0 saturated heterocycles. The van der Waals surface area contributed by atoms with Gasteiger partial charge in [0.2, 0.25) is 0 Å². The van der Waals surface area contributed by atoms with Gasteiger partial charge in [-0.3, -0.25) is 4.79 Å². The van der Waals surface area contributed by atoms with E-state index >= 15 is 0 Å². The second kappa shape index (κ2) is 9.92. The normalized spacial score (nSPS) is 10.6. The molecule has 0 saturated carbocycles. The molecule has 0 aliphatic carbocycles. The van der Waals surface area contributed by atoms with Gasteiger partial charge in [-0.15, -0.1) is 0 Å². The molecule has 0 aliphatic heterocycles. The van der Waals surface area contributed by atoms with E-state index in [-0.39, 0.29) is 6.61 Å². The molecule has 0 heterocycles. The maximum absolute atomic E-state index is 10.9. The number of methoxy groups -OCH3 is 1. The van der Waals surface area contributed by atoms with Crippen LogP contribution in [0.25, 0.3) is 0 Å². The summed E-state index contributed by atoms with van der Waals surface area (Å²) in [6.45, 7) is 5.09. The Morgan fingerprint density at radius 3 is 2.59 bits per heavy atom. The van der Waals surface area contributed by atoms with E-state index in [0.717, 1.165) is 17.0 Å². The second-order valence-electron chi connectivity index (χ2n) is 6.42. The van der Waals surface area contributed by atoms with Gasteiger partial charge in [0.25, 0.3) is 5.91 Å². The number of hydrogen-bond donors (Lipinski definition) is 2. The van der Waals surface area contributed by atoms with Crippen molar-refractivity contribution in [2.24, 2.45) is 11.7 Å². The van der Waals surface area contributed by atoms with Crippen molar-refractivity contribution < 1.29 is 19.0 Å².